The van der Waals surface area contributed by atoms with Gasteiger partial charge in [0.15, 0.2) is 0 Å². The molecule has 0 spiro atoms. The number of nitrogens with one attached hydrogen (secondary N) is 2. The van der Waals surface area contributed by atoms with Gasteiger partial charge in [0, 0.05) is 6.54 Å². The zero-order valence-corrected chi connectivity index (χ0v) is 11.8. The third kappa shape index (κ3) is 3.72. The zero-order valence-electron chi connectivity index (χ0n) is 11.8. The van der Waals surface area contributed by atoms with Gasteiger partial charge >= 0.3 is 12.0 Å². The van der Waals surface area contributed by atoms with Crippen molar-refractivity contribution in [1.29, 1.82) is 0 Å². The smallest absolute Gasteiger partial charge is 0.326 e. The highest BCUT2D eigenvalue weighted by atomic mass is 16.4. The predicted molar refractivity (Wildman–Crippen MR) is 81.0 cm³/mol. The van der Waals surface area contributed by atoms with E-state index in [9.17, 15) is 9.59 Å². The standard InChI is InChI=1S/C16H18N2O3/c1-2-14(15(19)20)18-16(21)17-10-12-8-5-7-11-6-3-4-9-13(11)12/h3-9,14H,2,10H2,1H3,(H,19,20)(H2,17,18,21)/t14-/m1/s1. The molecule has 0 aliphatic rings. The summed E-state index contributed by atoms with van der Waals surface area (Å²) in [7, 11) is 0. The summed E-state index contributed by atoms with van der Waals surface area (Å²) in [6.07, 6.45) is 0.344. The lowest BCUT2D eigenvalue weighted by atomic mass is 10.0. The molecule has 0 saturated heterocycles. The molecule has 0 unspecified atom stereocenters. The van der Waals surface area contributed by atoms with E-state index in [-0.39, 0.29) is 0 Å². The number of amides is 2. The number of hydrogen-bond donors (Lipinski definition) is 3. The van der Waals surface area contributed by atoms with Crippen molar-refractivity contribution in [3.63, 3.8) is 0 Å². The first kappa shape index (κ1) is 14.8. The van der Waals surface area contributed by atoms with Gasteiger partial charge in [-0.1, -0.05) is 49.4 Å². The topological polar surface area (TPSA) is 78.4 Å². The van der Waals surface area contributed by atoms with Crippen molar-refractivity contribution >= 4 is 22.8 Å². The van der Waals surface area contributed by atoms with Gasteiger partial charge in [-0.15, -0.1) is 0 Å². The lowest BCUT2D eigenvalue weighted by Gasteiger charge is -2.14. The fourth-order valence-corrected chi connectivity index (χ4v) is 2.17. The highest BCUT2D eigenvalue weighted by Gasteiger charge is 2.17. The van der Waals surface area contributed by atoms with Gasteiger partial charge in [-0.25, -0.2) is 9.59 Å². The van der Waals surface area contributed by atoms with E-state index in [0.29, 0.717) is 13.0 Å². The van der Waals surface area contributed by atoms with E-state index in [1.165, 1.54) is 0 Å². The van der Waals surface area contributed by atoms with Crippen LogP contribution in [0.2, 0.25) is 0 Å². The van der Waals surface area contributed by atoms with Crippen LogP contribution in [-0.2, 0) is 11.3 Å². The first-order valence-corrected chi connectivity index (χ1v) is 6.85. The first-order valence-electron chi connectivity index (χ1n) is 6.85. The number of carboxylic acids is 1. The van der Waals surface area contributed by atoms with E-state index in [2.05, 4.69) is 10.6 Å². The van der Waals surface area contributed by atoms with Crippen molar-refractivity contribution in [2.24, 2.45) is 0 Å². The Morgan fingerprint density at radius 2 is 1.86 bits per heavy atom. The fraction of sp³-hybridized carbons (Fsp3) is 0.250. The molecule has 5 heteroatoms. The molecule has 0 aliphatic carbocycles. The maximum Gasteiger partial charge on any atom is 0.326 e. The number of benzene rings is 2. The van der Waals surface area contributed by atoms with Crippen LogP contribution in [0.3, 0.4) is 0 Å². The maximum absolute atomic E-state index is 11.7. The molecule has 2 aromatic rings. The number of carbonyl (C=O) groups excluding carboxylic acids is 1. The number of urea groups is 1. The molecule has 0 fully saturated rings. The average molecular weight is 286 g/mol. The van der Waals surface area contributed by atoms with Crippen LogP contribution in [0.15, 0.2) is 42.5 Å². The summed E-state index contributed by atoms with van der Waals surface area (Å²) in [6, 6.07) is 12.5. The van der Waals surface area contributed by atoms with Crippen LogP contribution in [0.1, 0.15) is 18.9 Å². The van der Waals surface area contributed by atoms with Crippen LogP contribution in [-0.4, -0.2) is 23.1 Å². The van der Waals surface area contributed by atoms with Crippen molar-refractivity contribution in [2.75, 3.05) is 0 Å². The lowest BCUT2D eigenvalue weighted by molar-refractivity contribution is -0.139. The first-order chi connectivity index (χ1) is 10.1. The number of carbonyl (C=O) groups is 2. The summed E-state index contributed by atoms with van der Waals surface area (Å²) in [4.78, 5) is 22.6. The van der Waals surface area contributed by atoms with Gasteiger partial charge in [-0.05, 0) is 22.8 Å². The van der Waals surface area contributed by atoms with Gasteiger partial charge in [-0.2, -0.15) is 0 Å². The Hall–Kier alpha value is -2.56. The van der Waals surface area contributed by atoms with Crippen LogP contribution >= 0.6 is 0 Å². The van der Waals surface area contributed by atoms with Crippen LogP contribution in [0.4, 0.5) is 4.79 Å². The molecule has 0 bridgehead atoms. The number of rotatable bonds is 5. The monoisotopic (exact) mass is 286 g/mol. The Labute approximate surface area is 123 Å². The Kier molecular flexibility index (Phi) is 4.77. The van der Waals surface area contributed by atoms with Gasteiger partial charge < -0.3 is 15.7 Å². The van der Waals surface area contributed by atoms with Gasteiger partial charge in [0.2, 0.25) is 0 Å². The second kappa shape index (κ2) is 6.74. The minimum Gasteiger partial charge on any atom is -0.480 e. The number of aliphatic carboxylic acids is 1. The molecule has 3 N–H and O–H groups in total. The van der Waals surface area contributed by atoms with Crippen molar-refractivity contribution in [2.45, 2.75) is 25.9 Å². The molecule has 0 aliphatic heterocycles. The largest absolute Gasteiger partial charge is 0.480 e. The highest BCUT2D eigenvalue weighted by molar-refractivity contribution is 5.86. The van der Waals surface area contributed by atoms with Gasteiger partial charge in [-0.3, -0.25) is 0 Å². The van der Waals surface area contributed by atoms with Crippen LogP contribution in [0, 0.1) is 0 Å². The number of fused-ring (bicyclic) bond motifs is 1. The Balaban J connectivity index is 2.02. The summed E-state index contributed by atoms with van der Waals surface area (Å²) in [5.41, 5.74) is 0.992. The zero-order chi connectivity index (χ0) is 15.2. The molecule has 2 amide bonds. The van der Waals surface area contributed by atoms with Crippen LogP contribution < -0.4 is 10.6 Å². The summed E-state index contributed by atoms with van der Waals surface area (Å²) in [6.45, 7) is 2.06. The molecular formula is C16H18N2O3. The summed E-state index contributed by atoms with van der Waals surface area (Å²) >= 11 is 0. The van der Waals surface area contributed by atoms with Crippen molar-refractivity contribution in [1.82, 2.24) is 10.6 Å². The van der Waals surface area contributed by atoms with E-state index in [4.69, 9.17) is 5.11 Å². The summed E-state index contributed by atoms with van der Waals surface area (Å²) < 4.78 is 0. The summed E-state index contributed by atoms with van der Waals surface area (Å²) in [5.74, 6) is -1.03. The highest BCUT2D eigenvalue weighted by Crippen LogP contribution is 2.18. The van der Waals surface area contributed by atoms with Gasteiger partial charge in [0.05, 0.1) is 0 Å². The molecule has 2 rings (SSSR count). The third-order valence-electron chi connectivity index (χ3n) is 3.33. The molecule has 1 atom stereocenters. The van der Waals surface area contributed by atoms with Crippen LogP contribution in [0.25, 0.3) is 10.8 Å². The number of hydrogen-bond acceptors (Lipinski definition) is 2. The molecule has 2 aromatic carbocycles. The Morgan fingerprint density at radius 1 is 1.14 bits per heavy atom. The lowest BCUT2D eigenvalue weighted by Crippen LogP contribution is -2.45. The predicted octanol–water partition coefficient (Wildman–Crippen LogP) is 2.50. The second-order valence-electron chi connectivity index (χ2n) is 4.76. The minimum absolute atomic E-state index is 0.344. The van der Waals surface area contributed by atoms with E-state index < -0.39 is 18.0 Å². The van der Waals surface area contributed by atoms with Crippen LogP contribution in [0.5, 0.6) is 0 Å². The Morgan fingerprint density at radius 3 is 2.57 bits per heavy atom. The third-order valence-corrected chi connectivity index (χ3v) is 3.33. The second-order valence-corrected chi connectivity index (χ2v) is 4.76. The van der Waals surface area contributed by atoms with E-state index >= 15 is 0 Å². The fourth-order valence-electron chi connectivity index (χ4n) is 2.17. The van der Waals surface area contributed by atoms with E-state index in [1.807, 2.05) is 42.5 Å². The number of carboxylic acid groups (broad SMARTS) is 1. The molecular weight excluding hydrogens is 268 g/mol. The maximum atomic E-state index is 11.7. The molecule has 0 radical (unpaired) electrons. The minimum atomic E-state index is -1.03. The molecule has 5 nitrogen and oxygen atoms in total. The average Bonchev–Trinajstić information content (AvgIpc) is 2.50. The molecule has 0 heterocycles. The summed E-state index contributed by atoms with van der Waals surface area (Å²) in [5, 5.41) is 16.2. The van der Waals surface area contributed by atoms with Crippen molar-refractivity contribution in [3.8, 4) is 0 Å². The molecule has 110 valence electrons. The van der Waals surface area contributed by atoms with Gasteiger partial charge in [0.1, 0.15) is 6.04 Å². The normalized spacial score (nSPS) is 11.9. The van der Waals surface area contributed by atoms with Crippen molar-refractivity contribution in [3.05, 3.63) is 48.0 Å². The molecule has 21 heavy (non-hydrogen) atoms. The Bertz CT molecular complexity index is 650. The SMILES string of the molecule is CC[C@@H](NC(=O)NCc1cccc2ccccc12)C(=O)O. The molecule has 0 saturated carbocycles. The van der Waals surface area contributed by atoms with Gasteiger partial charge in [0.25, 0.3) is 0 Å². The quantitative estimate of drug-likeness (QED) is 0.790. The molecule has 0 aromatic heterocycles. The van der Waals surface area contributed by atoms with E-state index in [1.54, 1.807) is 6.92 Å². The van der Waals surface area contributed by atoms with Crippen molar-refractivity contribution < 1.29 is 14.7 Å². The van der Waals surface area contributed by atoms with E-state index in [0.717, 1.165) is 16.3 Å².